The molecule has 0 aliphatic heterocycles. The zero-order valence-corrected chi connectivity index (χ0v) is 10.8. The van der Waals surface area contributed by atoms with Crippen LogP contribution in [0.1, 0.15) is 11.4 Å². The summed E-state index contributed by atoms with van der Waals surface area (Å²) < 4.78 is 0. The van der Waals surface area contributed by atoms with Crippen LogP contribution < -0.4 is 10.6 Å². The standard InChI is InChI=1S/C12H12N6O3/c19-11(20)6-3-8-1-4-9(5-2-8)14-12(21)13-7-10-15-17-18-16-10/h1-6H,7H2,(H,19,20)(H2,13,14,21)(H,15,16,17,18). The Balaban J connectivity index is 1.85. The Bertz CT molecular complexity index is 636. The molecule has 0 aliphatic rings. The van der Waals surface area contributed by atoms with Crippen molar-refractivity contribution in [1.29, 1.82) is 0 Å². The zero-order valence-electron chi connectivity index (χ0n) is 10.8. The number of carbonyl (C=O) groups excluding carboxylic acids is 1. The third kappa shape index (κ3) is 4.74. The van der Waals surface area contributed by atoms with Gasteiger partial charge in [0.15, 0.2) is 5.82 Å². The van der Waals surface area contributed by atoms with Gasteiger partial charge in [0.05, 0.1) is 6.54 Å². The van der Waals surface area contributed by atoms with Gasteiger partial charge < -0.3 is 15.7 Å². The molecule has 4 N–H and O–H groups in total. The van der Waals surface area contributed by atoms with Crippen LogP contribution in [0, 0.1) is 0 Å². The monoisotopic (exact) mass is 288 g/mol. The molecule has 0 bridgehead atoms. The van der Waals surface area contributed by atoms with Gasteiger partial charge in [0, 0.05) is 11.8 Å². The van der Waals surface area contributed by atoms with Crippen molar-refractivity contribution in [2.75, 3.05) is 5.32 Å². The third-order valence-corrected chi connectivity index (χ3v) is 2.38. The lowest BCUT2D eigenvalue weighted by molar-refractivity contribution is -0.131. The third-order valence-electron chi connectivity index (χ3n) is 2.38. The number of urea groups is 1. The maximum Gasteiger partial charge on any atom is 0.328 e. The van der Waals surface area contributed by atoms with Crippen molar-refractivity contribution < 1.29 is 14.7 Å². The molecule has 9 nitrogen and oxygen atoms in total. The maximum atomic E-state index is 11.6. The minimum Gasteiger partial charge on any atom is -0.478 e. The van der Waals surface area contributed by atoms with Crippen molar-refractivity contribution in [3.63, 3.8) is 0 Å². The first-order valence-corrected chi connectivity index (χ1v) is 5.92. The second-order valence-electron chi connectivity index (χ2n) is 3.93. The number of hydrogen-bond acceptors (Lipinski definition) is 5. The van der Waals surface area contributed by atoms with Crippen molar-refractivity contribution in [2.45, 2.75) is 6.54 Å². The number of aliphatic carboxylic acids is 1. The number of carboxylic acids is 1. The molecule has 108 valence electrons. The Morgan fingerprint density at radius 1 is 1.29 bits per heavy atom. The van der Waals surface area contributed by atoms with Crippen LogP contribution in [0.2, 0.25) is 0 Å². The smallest absolute Gasteiger partial charge is 0.328 e. The number of carboxylic acid groups (broad SMARTS) is 1. The van der Waals surface area contributed by atoms with E-state index in [9.17, 15) is 9.59 Å². The number of H-pyrrole nitrogens is 1. The van der Waals surface area contributed by atoms with E-state index in [1.807, 2.05) is 0 Å². The molecular weight excluding hydrogens is 276 g/mol. The molecule has 0 saturated carbocycles. The van der Waals surface area contributed by atoms with E-state index in [-0.39, 0.29) is 6.54 Å². The first kappa shape index (κ1) is 14.2. The van der Waals surface area contributed by atoms with Gasteiger partial charge >= 0.3 is 12.0 Å². The number of carbonyl (C=O) groups is 2. The number of tetrazole rings is 1. The van der Waals surface area contributed by atoms with Crippen molar-refractivity contribution >= 4 is 23.8 Å². The summed E-state index contributed by atoms with van der Waals surface area (Å²) in [5, 5.41) is 26.7. The van der Waals surface area contributed by atoms with Gasteiger partial charge in [-0.05, 0) is 23.8 Å². The van der Waals surface area contributed by atoms with Gasteiger partial charge in [0.1, 0.15) is 0 Å². The van der Waals surface area contributed by atoms with Gasteiger partial charge in [0.25, 0.3) is 0 Å². The second kappa shape index (κ2) is 6.80. The molecule has 0 fully saturated rings. The molecule has 1 aromatic heterocycles. The average Bonchev–Trinajstić information content (AvgIpc) is 2.98. The molecule has 1 heterocycles. The Hall–Kier alpha value is -3.23. The molecule has 0 saturated heterocycles. The van der Waals surface area contributed by atoms with E-state index < -0.39 is 12.0 Å². The first-order valence-electron chi connectivity index (χ1n) is 5.92. The molecule has 0 atom stereocenters. The lowest BCUT2D eigenvalue weighted by Crippen LogP contribution is -2.28. The molecule has 2 rings (SSSR count). The lowest BCUT2D eigenvalue weighted by Gasteiger charge is -2.06. The predicted octanol–water partition coefficient (Wildman–Crippen LogP) is 0.619. The molecule has 2 aromatic rings. The molecule has 0 unspecified atom stereocenters. The van der Waals surface area contributed by atoms with Gasteiger partial charge in [-0.15, -0.1) is 10.2 Å². The van der Waals surface area contributed by atoms with Crippen LogP contribution >= 0.6 is 0 Å². The zero-order chi connectivity index (χ0) is 15.1. The highest BCUT2D eigenvalue weighted by Gasteiger charge is 2.03. The molecule has 21 heavy (non-hydrogen) atoms. The normalized spacial score (nSPS) is 10.5. The summed E-state index contributed by atoms with van der Waals surface area (Å²) in [5.74, 6) is -0.641. The number of hydrogen-bond donors (Lipinski definition) is 4. The van der Waals surface area contributed by atoms with E-state index in [1.165, 1.54) is 6.08 Å². The summed E-state index contributed by atoms with van der Waals surface area (Å²) in [4.78, 5) is 22.0. The molecule has 0 spiro atoms. The van der Waals surface area contributed by atoms with E-state index in [1.54, 1.807) is 24.3 Å². The summed E-state index contributed by atoms with van der Waals surface area (Å²) in [5.41, 5.74) is 1.29. The number of nitrogens with zero attached hydrogens (tertiary/aromatic N) is 3. The Morgan fingerprint density at radius 2 is 2.05 bits per heavy atom. The van der Waals surface area contributed by atoms with Gasteiger partial charge in [0.2, 0.25) is 0 Å². The summed E-state index contributed by atoms with van der Waals surface area (Å²) in [6.07, 6.45) is 2.50. The molecule has 0 radical (unpaired) electrons. The minimum absolute atomic E-state index is 0.155. The highest BCUT2D eigenvalue weighted by Crippen LogP contribution is 2.10. The van der Waals surface area contributed by atoms with E-state index in [0.717, 1.165) is 11.6 Å². The Kier molecular flexibility index (Phi) is 4.59. The number of nitrogens with one attached hydrogen (secondary N) is 3. The van der Waals surface area contributed by atoms with Crippen LogP contribution in [0.15, 0.2) is 30.3 Å². The highest BCUT2D eigenvalue weighted by molar-refractivity contribution is 5.89. The number of benzene rings is 1. The Morgan fingerprint density at radius 3 is 2.67 bits per heavy atom. The highest BCUT2D eigenvalue weighted by atomic mass is 16.4. The van der Waals surface area contributed by atoms with Crippen LogP contribution in [0.3, 0.4) is 0 Å². The van der Waals surface area contributed by atoms with Gasteiger partial charge in [-0.1, -0.05) is 17.3 Å². The van der Waals surface area contributed by atoms with Crippen molar-refractivity contribution in [3.8, 4) is 0 Å². The largest absolute Gasteiger partial charge is 0.478 e. The van der Waals surface area contributed by atoms with Gasteiger partial charge in [-0.2, -0.15) is 5.21 Å². The number of amides is 2. The maximum absolute atomic E-state index is 11.6. The van der Waals surface area contributed by atoms with Crippen LogP contribution in [-0.2, 0) is 11.3 Å². The minimum atomic E-state index is -1.02. The van der Waals surface area contributed by atoms with Gasteiger partial charge in [-0.3, -0.25) is 0 Å². The quantitative estimate of drug-likeness (QED) is 0.596. The number of anilines is 1. The lowest BCUT2D eigenvalue weighted by atomic mass is 10.2. The van der Waals surface area contributed by atoms with Crippen molar-refractivity contribution in [3.05, 3.63) is 41.7 Å². The predicted molar refractivity (Wildman–Crippen MR) is 73.1 cm³/mol. The average molecular weight is 288 g/mol. The van der Waals surface area contributed by atoms with E-state index >= 15 is 0 Å². The number of aromatic amines is 1. The van der Waals surface area contributed by atoms with Crippen molar-refractivity contribution in [1.82, 2.24) is 25.9 Å². The van der Waals surface area contributed by atoms with Crippen LogP contribution in [0.5, 0.6) is 0 Å². The fourth-order valence-electron chi connectivity index (χ4n) is 1.44. The summed E-state index contributed by atoms with van der Waals surface area (Å²) in [6, 6.07) is 6.29. The van der Waals surface area contributed by atoms with Gasteiger partial charge in [-0.25, -0.2) is 9.59 Å². The van der Waals surface area contributed by atoms with Crippen LogP contribution in [0.4, 0.5) is 10.5 Å². The number of rotatable bonds is 5. The molecule has 1 aromatic carbocycles. The van der Waals surface area contributed by atoms with E-state index in [4.69, 9.17) is 5.11 Å². The van der Waals surface area contributed by atoms with Crippen molar-refractivity contribution in [2.24, 2.45) is 0 Å². The molecule has 0 aliphatic carbocycles. The van der Waals surface area contributed by atoms with Crippen LogP contribution in [-0.4, -0.2) is 37.7 Å². The first-order chi connectivity index (χ1) is 10.1. The fourth-order valence-corrected chi connectivity index (χ4v) is 1.44. The summed E-state index contributed by atoms with van der Waals surface area (Å²) in [6.45, 7) is 0.155. The fraction of sp³-hybridized carbons (Fsp3) is 0.0833. The SMILES string of the molecule is O=C(O)C=Cc1ccc(NC(=O)NCc2nn[nH]n2)cc1. The second-order valence-corrected chi connectivity index (χ2v) is 3.93. The molecular formula is C12H12N6O3. The number of aromatic nitrogens is 4. The van der Waals surface area contributed by atoms with Crippen LogP contribution in [0.25, 0.3) is 6.08 Å². The Labute approximate surface area is 119 Å². The van der Waals surface area contributed by atoms with E-state index in [2.05, 4.69) is 31.3 Å². The topological polar surface area (TPSA) is 133 Å². The molecule has 2 amide bonds. The molecule has 9 heteroatoms. The van der Waals surface area contributed by atoms with E-state index in [0.29, 0.717) is 11.5 Å². The summed E-state index contributed by atoms with van der Waals surface area (Å²) in [7, 11) is 0. The summed E-state index contributed by atoms with van der Waals surface area (Å²) >= 11 is 0.